The maximum atomic E-state index is 12.5. The van der Waals surface area contributed by atoms with Crippen LogP contribution in [-0.4, -0.2) is 47.7 Å². The van der Waals surface area contributed by atoms with E-state index in [1.54, 1.807) is 6.07 Å². The number of carbonyl (C=O) groups is 1. The van der Waals surface area contributed by atoms with Crippen LogP contribution in [0.15, 0.2) is 41.2 Å². The molecule has 0 radical (unpaired) electrons. The smallest absolute Gasteiger partial charge is 0.401 e. The third-order valence-electron chi connectivity index (χ3n) is 4.39. The molecule has 0 amide bonds. The second kappa shape index (κ2) is 9.45. The minimum absolute atomic E-state index is 0.0548. The van der Waals surface area contributed by atoms with Crippen LogP contribution in [0.4, 0.5) is 13.2 Å². The first-order valence-corrected chi connectivity index (χ1v) is 9.53. The quantitative estimate of drug-likeness (QED) is 0.514. The molecule has 3 aromatic rings. The van der Waals surface area contributed by atoms with Crippen molar-refractivity contribution in [2.45, 2.75) is 12.7 Å². The fraction of sp³-hybridized carbons (Fsp3) is 0.250. The SMILES string of the molecule is COC(=O)c1ccc(-n2nc(-c3cc(CNCC(F)(F)F)ccc3Cl)[nH]c2=O)cc1OC. The normalized spacial score (nSPS) is 11.4. The lowest BCUT2D eigenvalue weighted by Crippen LogP contribution is -2.28. The molecule has 1 heterocycles. The van der Waals surface area contributed by atoms with Gasteiger partial charge < -0.3 is 14.8 Å². The summed E-state index contributed by atoms with van der Waals surface area (Å²) in [6.45, 7) is -1.19. The van der Waals surface area contributed by atoms with Crippen molar-refractivity contribution in [1.82, 2.24) is 20.1 Å². The zero-order valence-corrected chi connectivity index (χ0v) is 17.7. The topological polar surface area (TPSA) is 98.2 Å². The van der Waals surface area contributed by atoms with Crippen LogP contribution >= 0.6 is 11.6 Å². The molecule has 8 nitrogen and oxygen atoms in total. The Balaban J connectivity index is 1.93. The van der Waals surface area contributed by atoms with Crippen LogP contribution in [0.2, 0.25) is 5.02 Å². The average Bonchev–Trinajstić information content (AvgIpc) is 3.14. The first-order chi connectivity index (χ1) is 15.1. The van der Waals surface area contributed by atoms with Crippen molar-refractivity contribution in [2.24, 2.45) is 0 Å². The molecule has 0 aliphatic rings. The van der Waals surface area contributed by atoms with Gasteiger partial charge in [0.1, 0.15) is 11.3 Å². The Kier molecular flexibility index (Phi) is 6.90. The van der Waals surface area contributed by atoms with E-state index in [0.29, 0.717) is 16.8 Å². The molecule has 0 aliphatic heterocycles. The molecule has 2 aromatic carbocycles. The second-order valence-electron chi connectivity index (χ2n) is 6.60. The van der Waals surface area contributed by atoms with E-state index in [2.05, 4.69) is 20.1 Å². The van der Waals surface area contributed by atoms with E-state index in [4.69, 9.17) is 16.3 Å². The van der Waals surface area contributed by atoms with Gasteiger partial charge in [-0.25, -0.2) is 9.59 Å². The molecule has 1 aromatic heterocycles. The van der Waals surface area contributed by atoms with E-state index in [1.807, 2.05) is 0 Å². The number of carbonyl (C=O) groups excluding carboxylic acids is 1. The van der Waals surface area contributed by atoms with Gasteiger partial charge in [0.15, 0.2) is 5.82 Å². The zero-order chi connectivity index (χ0) is 23.5. The number of hydrogen-bond donors (Lipinski definition) is 2. The van der Waals surface area contributed by atoms with Gasteiger partial charge in [-0.1, -0.05) is 17.7 Å². The zero-order valence-electron chi connectivity index (χ0n) is 16.9. The van der Waals surface area contributed by atoms with Gasteiger partial charge in [-0.05, 0) is 29.8 Å². The molecule has 0 saturated carbocycles. The molecule has 170 valence electrons. The molecule has 32 heavy (non-hydrogen) atoms. The number of aromatic nitrogens is 3. The number of halogens is 4. The predicted octanol–water partition coefficient (Wildman–Crippen LogP) is 3.33. The van der Waals surface area contributed by atoms with Crippen LogP contribution in [0, 0.1) is 0 Å². The molecule has 0 unspecified atom stereocenters. The van der Waals surface area contributed by atoms with Crippen LogP contribution in [0.1, 0.15) is 15.9 Å². The van der Waals surface area contributed by atoms with E-state index in [1.165, 1.54) is 44.6 Å². The molecule has 12 heteroatoms. The van der Waals surface area contributed by atoms with Gasteiger partial charge in [0.25, 0.3) is 0 Å². The van der Waals surface area contributed by atoms with Crippen molar-refractivity contribution in [3.63, 3.8) is 0 Å². The molecule has 2 N–H and O–H groups in total. The number of aromatic amines is 1. The van der Waals surface area contributed by atoms with Crippen molar-refractivity contribution in [3.05, 3.63) is 63.0 Å². The van der Waals surface area contributed by atoms with E-state index >= 15 is 0 Å². The van der Waals surface area contributed by atoms with E-state index in [9.17, 15) is 22.8 Å². The standard InChI is InChI=1S/C20H18ClF3N4O4/c1-31-16-8-12(4-5-13(16)18(29)32-2)28-19(30)26-17(27-28)14-7-11(3-6-15(14)21)9-25-10-20(22,23)24/h3-8,25H,9-10H2,1-2H3,(H,26,27,30). The summed E-state index contributed by atoms with van der Waals surface area (Å²) in [6, 6.07) is 8.97. The van der Waals surface area contributed by atoms with Crippen LogP contribution in [0.3, 0.4) is 0 Å². The highest BCUT2D eigenvalue weighted by Gasteiger charge is 2.26. The number of nitrogens with zero attached hydrogens (tertiary/aromatic N) is 2. The van der Waals surface area contributed by atoms with Gasteiger partial charge in [0.2, 0.25) is 0 Å². The summed E-state index contributed by atoms with van der Waals surface area (Å²) < 4.78 is 48.0. The summed E-state index contributed by atoms with van der Waals surface area (Å²) in [6.07, 6.45) is -4.33. The number of benzene rings is 2. The summed E-state index contributed by atoms with van der Waals surface area (Å²) in [7, 11) is 2.60. The first kappa shape index (κ1) is 23.4. The number of esters is 1. The highest BCUT2D eigenvalue weighted by Crippen LogP contribution is 2.27. The highest BCUT2D eigenvalue weighted by molar-refractivity contribution is 6.33. The Morgan fingerprint density at radius 3 is 2.62 bits per heavy atom. The Labute approximate surface area is 184 Å². The first-order valence-electron chi connectivity index (χ1n) is 9.15. The monoisotopic (exact) mass is 470 g/mol. The largest absolute Gasteiger partial charge is 0.496 e. The van der Waals surface area contributed by atoms with Gasteiger partial charge in [-0.2, -0.15) is 17.9 Å². The summed E-state index contributed by atoms with van der Waals surface area (Å²) in [5, 5.41) is 6.78. The van der Waals surface area contributed by atoms with Gasteiger partial charge in [-0.15, -0.1) is 5.10 Å². The lowest BCUT2D eigenvalue weighted by atomic mass is 10.1. The number of H-pyrrole nitrogens is 1. The van der Waals surface area contributed by atoms with Crippen LogP contribution in [0.5, 0.6) is 5.75 Å². The van der Waals surface area contributed by atoms with Crippen molar-refractivity contribution < 1.29 is 27.4 Å². The minimum atomic E-state index is -4.33. The highest BCUT2D eigenvalue weighted by atomic mass is 35.5. The van der Waals surface area contributed by atoms with E-state index < -0.39 is 24.4 Å². The number of hydrogen-bond acceptors (Lipinski definition) is 6. The second-order valence-corrected chi connectivity index (χ2v) is 7.01. The fourth-order valence-corrected chi connectivity index (χ4v) is 3.13. The molecule has 0 aliphatic carbocycles. The number of methoxy groups -OCH3 is 2. The molecular formula is C20H18ClF3N4O4. The van der Waals surface area contributed by atoms with Gasteiger partial charge in [0, 0.05) is 18.2 Å². The average molecular weight is 471 g/mol. The number of alkyl halides is 3. The third-order valence-corrected chi connectivity index (χ3v) is 4.72. The molecule has 3 rings (SSSR count). The molecule has 0 saturated heterocycles. The predicted molar refractivity (Wildman–Crippen MR) is 110 cm³/mol. The van der Waals surface area contributed by atoms with Crippen LogP contribution < -0.4 is 15.7 Å². The van der Waals surface area contributed by atoms with Crippen molar-refractivity contribution in [3.8, 4) is 22.8 Å². The Hall–Kier alpha value is -3.31. The molecule has 0 atom stereocenters. The number of nitrogens with one attached hydrogen (secondary N) is 2. The van der Waals surface area contributed by atoms with Gasteiger partial charge >= 0.3 is 17.8 Å². The maximum absolute atomic E-state index is 12.5. The Bertz CT molecular complexity index is 1190. The van der Waals surface area contributed by atoms with Crippen LogP contribution in [-0.2, 0) is 11.3 Å². The van der Waals surface area contributed by atoms with Crippen molar-refractivity contribution in [1.29, 1.82) is 0 Å². The molecular weight excluding hydrogens is 453 g/mol. The van der Waals surface area contributed by atoms with Crippen LogP contribution in [0.25, 0.3) is 17.1 Å². The molecule has 0 fully saturated rings. The number of ether oxygens (including phenoxy) is 2. The van der Waals surface area contributed by atoms with Crippen molar-refractivity contribution >= 4 is 17.6 Å². The Morgan fingerprint density at radius 1 is 1.22 bits per heavy atom. The van der Waals surface area contributed by atoms with Gasteiger partial charge in [-0.3, -0.25) is 4.98 Å². The molecule has 0 spiro atoms. The Morgan fingerprint density at radius 2 is 1.97 bits per heavy atom. The minimum Gasteiger partial charge on any atom is -0.496 e. The van der Waals surface area contributed by atoms with Gasteiger partial charge in [0.05, 0.1) is 31.5 Å². The number of rotatable bonds is 7. The molecule has 0 bridgehead atoms. The lowest BCUT2D eigenvalue weighted by molar-refractivity contribution is -0.125. The van der Waals surface area contributed by atoms with E-state index in [0.717, 1.165) is 4.68 Å². The maximum Gasteiger partial charge on any atom is 0.401 e. The van der Waals surface area contributed by atoms with Crippen molar-refractivity contribution in [2.75, 3.05) is 20.8 Å². The third kappa shape index (κ3) is 5.29. The summed E-state index contributed by atoms with van der Waals surface area (Å²) >= 11 is 6.22. The summed E-state index contributed by atoms with van der Waals surface area (Å²) in [5.74, 6) is -0.304. The lowest BCUT2D eigenvalue weighted by Gasteiger charge is -2.10. The summed E-state index contributed by atoms with van der Waals surface area (Å²) in [4.78, 5) is 26.9. The fourth-order valence-electron chi connectivity index (χ4n) is 2.92. The van der Waals surface area contributed by atoms with E-state index in [-0.39, 0.29) is 28.7 Å². The summed E-state index contributed by atoms with van der Waals surface area (Å²) in [5.41, 5.74) is 0.746.